The fourth-order valence-electron chi connectivity index (χ4n) is 2.23. The molecule has 0 bridgehead atoms. The number of non-ortho nitro benzene ring substituents is 2. The summed E-state index contributed by atoms with van der Waals surface area (Å²) in [5.41, 5.74) is 2.03. The van der Waals surface area contributed by atoms with E-state index in [1.165, 1.54) is 54.0 Å². The molecule has 0 fully saturated rings. The second-order valence-electron chi connectivity index (χ2n) is 6.00. The highest BCUT2D eigenvalue weighted by Crippen LogP contribution is 2.17. The van der Waals surface area contributed by atoms with Crippen molar-refractivity contribution < 1.29 is 29.4 Å². The average Bonchev–Trinajstić information content (AvgIpc) is 2.87. The first-order valence-corrected chi connectivity index (χ1v) is 10.5. The van der Waals surface area contributed by atoms with Crippen molar-refractivity contribution in [2.75, 3.05) is 10.6 Å². The van der Waals surface area contributed by atoms with E-state index in [4.69, 9.17) is 9.94 Å². The van der Waals surface area contributed by atoms with Crippen molar-refractivity contribution in [2.45, 2.75) is 0 Å². The molecule has 35 heavy (non-hydrogen) atoms. The van der Waals surface area contributed by atoms with Gasteiger partial charge in [0, 0.05) is 58.0 Å². The Balaban J connectivity index is 0.000000341. The number of nitro groups is 2. The number of rotatable bonds is 5. The molecule has 0 spiro atoms. The Hall–Kier alpha value is -4.60. The van der Waals surface area contributed by atoms with E-state index in [9.17, 15) is 29.8 Å². The van der Waals surface area contributed by atoms with Gasteiger partial charge in [0.15, 0.2) is 0 Å². The zero-order chi connectivity index (χ0) is 26.2. The van der Waals surface area contributed by atoms with Crippen molar-refractivity contribution >= 4 is 57.3 Å². The molecule has 3 aromatic rings. The molecule has 0 aliphatic heterocycles. The SMILES string of the molecule is O=C(NO)Nc1ccc([N+](=O)[O-])cc1.O=C(Nc1ccc([N+](=O)[O-])cc1)Oc1ccccc1.S=S. The minimum atomic E-state index is -0.807. The first-order valence-electron chi connectivity index (χ1n) is 9.19. The zero-order valence-electron chi connectivity index (χ0n) is 17.5. The monoisotopic (exact) mass is 519 g/mol. The maximum Gasteiger partial charge on any atom is 0.417 e. The maximum absolute atomic E-state index is 11.5. The topological polar surface area (TPSA) is 186 Å². The van der Waals surface area contributed by atoms with Crippen molar-refractivity contribution in [1.82, 2.24) is 5.48 Å². The molecule has 4 N–H and O–H groups in total. The van der Waals surface area contributed by atoms with Crippen LogP contribution in [0.4, 0.5) is 32.3 Å². The first-order chi connectivity index (χ1) is 16.8. The summed E-state index contributed by atoms with van der Waals surface area (Å²) in [6, 6.07) is 18.5. The highest BCUT2D eigenvalue weighted by Gasteiger charge is 2.08. The molecule has 0 saturated carbocycles. The van der Waals surface area contributed by atoms with Crippen LogP contribution in [0.3, 0.4) is 0 Å². The minimum Gasteiger partial charge on any atom is -0.410 e. The van der Waals surface area contributed by atoms with Crippen LogP contribution in [-0.4, -0.2) is 27.2 Å². The highest BCUT2D eigenvalue weighted by molar-refractivity contribution is 8.07. The van der Waals surface area contributed by atoms with Gasteiger partial charge < -0.3 is 10.1 Å². The first kappa shape index (κ1) is 28.4. The van der Waals surface area contributed by atoms with Crippen LogP contribution in [-0.2, 0) is 22.4 Å². The van der Waals surface area contributed by atoms with Crippen LogP contribution in [0.15, 0.2) is 78.9 Å². The number of anilines is 2. The van der Waals surface area contributed by atoms with Crippen molar-refractivity contribution in [1.29, 1.82) is 0 Å². The van der Waals surface area contributed by atoms with Crippen molar-refractivity contribution in [3.05, 3.63) is 99.1 Å². The number of ether oxygens (including phenoxy) is 1. The number of nitrogens with one attached hydrogen (secondary N) is 3. The average molecular weight is 520 g/mol. The van der Waals surface area contributed by atoms with Crippen LogP contribution >= 0.6 is 0 Å². The van der Waals surface area contributed by atoms with E-state index in [1.54, 1.807) is 30.3 Å². The lowest BCUT2D eigenvalue weighted by atomic mass is 10.3. The number of urea groups is 1. The van der Waals surface area contributed by atoms with E-state index in [0.29, 0.717) is 17.1 Å². The number of para-hydroxylation sites is 1. The molecule has 0 atom stereocenters. The third-order valence-corrected chi connectivity index (χ3v) is 3.72. The molecule has 0 unspecified atom stereocenters. The van der Waals surface area contributed by atoms with E-state index in [1.807, 2.05) is 0 Å². The molecule has 0 heterocycles. The summed E-state index contributed by atoms with van der Waals surface area (Å²) >= 11 is 7.33. The predicted molar refractivity (Wildman–Crippen MR) is 131 cm³/mol. The molecule has 3 aromatic carbocycles. The summed E-state index contributed by atoms with van der Waals surface area (Å²) in [6.07, 6.45) is -0.653. The van der Waals surface area contributed by atoms with Crippen LogP contribution in [0.1, 0.15) is 0 Å². The van der Waals surface area contributed by atoms with Gasteiger partial charge in [0.2, 0.25) is 0 Å². The van der Waals surface area contributed by atoms with Gasteiger partial charge in [-0.1, -0.05) is 18.2 Å². The third-order valence-electron chi connectivity index (χ3n) is 3.72. The molecule has 0 radical (unpaired) electrons. The Morgan fingerprint density at radius 3 is 1.57 bits per heavy atom. The van der Waals surface area contributed by atoms with Crippen LogP contribution in [0.2, 0.25) is 0 Å². The van der Waals surface area contributed by atoms with Crippen LogP contribution in [0.25, 0.3) is 0 Å². The molecular formula is C20H17N5O8S2. The van der Waals surface area contributed by atoms with E-state index in [-0.39, 0.29) is 11.4 Å². The number of amides is 3. The van der Waals surface area contributed by atoms with E-state index < -0.39 is 22.0 Å². The number of nitrogens with zero attached hydrogens (tertiary/aromatic N) is 2. The van der Waals surface area contributed by atoms with Gasteiger partial charge in [-0.2, -0.15) is 0 Å². The minimum absolute atomic E-state index is 0.0398. The van der Waals surface area contributed by atoms with Gasteiger partial charge in [0.25, 0.3) is 11.4 Å². The molecule has 182 valence electrons. The summed E-state index contributed by atoms with van der Waals surface area (Å²) in [5, 5.41) is 33.6. The molecule has 15 heteroatoms. The molecule has 3 amide bonds. The van der Waals surface area contributed by atoms with Gasteiger partial charge in [-0.15, -0.1) is 0 Å². The summed E-state index contributed by atoms with van der Waals surface area (Å²) in [6.45, 7) is 0. The summed E-state index contributed by atoms with van der Waals surface area (Å²) < 4.78 is 5.01. The second kappa shape index (κ2) is 15.3. The summed E-state index contributed by atoms with van der Waals surface area (Å²) in [4.78, 5) is 41.8. The number of hydroxylamine groups is 1. The van der Waals surface area contributed by atoms with Gasteiger partial charge in [-0.25, -0.2) is 15.1 Å². The largest absolute Gasteiger partial charge is 0.417 e. The molecule has 0 aromatic heterocycles. The van der Waals surface area contributed by atoms with Crippen molar-refractivity contribution in [2.24, 2.45) is 0 Å². The van der Waals surface area contributed by atoms with Gasteiger partial charge in [-0.3, -0.25) is 30.8 Å². The third kappa shape index (κ3) is 10.7. The lowest BCUT2D eigenvalue weighted by molar-refractivity contribution is -0.385. The Labute approximate surface area is 207 Å². The molecule has 0 saturated heterocycles. The highest BCUT2D eigenvalue weighted by atomic mass is 32.8. The molecular weight excluding hydrogens is 502 g/mol. The van der Waals surface area contributed by atoms with Crippen molar-refractivity contribution in [3.63, 3.8) is 0 Å². The van der Waals surface area contributed by atoms with Gasteiger partial charge >= 0.3 is 12.1 Å². The molecule has 3 rings (SSSR count). The Morgan fingerprint density at radius 1 is 0.743 bits per heavy atom. The fraction of sp³-hybridized carbons (Fsp3) is 0. The summed E-state index contributed by atoms with van der Waals surface area (Å²) in [7, 11) is 0. The predicted octanol–water partition coefficient (Wildman–Crippen LogP) is 4.31. The van der Waals surface area contributed by atoms with Gasteiger partial charge in [0.1, 0.15) is 5.75 Å². The van der Waals surface area contributed by atoms with Crippen LogP contribution < -0.4 is 20.9 Å². The molecule has 0 aliphatic rings. The second-order valence-corrected chi connectivity index (χ2v) is 6.00. The smallest absolute Gasteiger partial charge is 0.410 e. The van der Waals surface area contributed by atoms with Gasteiger partial charge in [0.05, 0.1) is 9.85 Å². The van der Waals surface area contributed by atoms with Crippen molar-refractivity contribution in [3.8, 4) is 5.75 Å². The number of carbonyl (C=O) groups is 2. The zero-order valence-corrected chi connectivity index (χ0v) is 19.2. The van der Waals surface area contributed by atoms with E-state index in [2.05, 4.69) is 33.0 Å². The molecule has 0 aliphatic carbocycles. The van der Waals surface area contributed by atoms with Crippen LogP contribution in [0.5, 0.6) is 5.75 Å². The number of carbonyl (C=O) groups excluding carboxylic acids is 2. The number of hydrogen-bond acceptors (Lipinski definition) is 10. The van der Waals surface area contributed by atoms with Gasteiger partial charge in [-0.05, 0) is 36.4 Å². The Morgan fingerprint density at radius 2 is 1.17 bits per heavy atom. The number of hydrogen-bond donors (Lipinski definition) is 4. The standard InChI is InChI=1S/C13H10N2O4.C7H7N3O4.S2/c16-13(19-12-4-2-1-3-5-12)14-10-6-8-11(9-7-10)15(17)18;11-7(9-12)8-5-1-3-6(4-2-5)10(13)14;1-2/h1-9H,(H,14,16);1-4,12H,(H2,8,9,11);. The quantitative estimate of drug-likeness (QED) is 0.215. The fourth-order valence-corrected chi connectivity index (χ4v) is 2.23. The van der Waals surface area contributed by atoms with E-state index >= 15 is 0 Å². The Kier molecular flexibility index (Phi) is 12.4. The van der Waals surface area contributed by atoms with E-state index in [0.717, 1.165) is 0 Å². The Bertz CT molecular complexity index is 1130. The maximum atomic E-state index is 11.5. The normalized spacial score (nSPS) is 9.06. The lowest BCUT2D eigenvalue weighted by Crippen LogP contribution is -2.24. The number of nitro benzene ring substituents is 2. The number of benzene rings is 3. The van der Waals surface area contributed by atoms with Crippen LogP contribution in [0, 0.1) is 20.2 Å². The summed E-state index contributed by atoms with van der Waals surface area (Å²) in [5.74, 6) is 0.418. The lowest BCUT2D eigenvalue weighted by Gasteiger charge is -2.06. The molecule has 13 nitrogen and oxygen atoms in total.